The molecule has 1 aliphatic heterocycles. The molecule has 2 aromatic rings. The number of nitrogens with zero attached hydrogens (tertiary/aromatic N) is 2. The highest BCUT2D eigenvalue weighted by Crippen LogP contribution is 2.24. The van der Waals surface area contributed by atoms with Gasteiger partial charge in [0.25, 0.3) is 0 Å². The zero-order valence-corrected chi connectivity index (χ0v) is 12.3. The molecule has 1 aliphatic rings. The van der Waals surface area contributed by atoms with Crippen molar-refractivity contribution in [2.45, 2.75) is 12.8 Å². The molecular weight excluding hydrogens is 274 g/mol. The first-order valence-corrected chi connectivity index (χ1v) is 8.17. The van der Waals surface area contributed by atoms with Gasteiger partial charge in [-0.05, 0) is 23.9 Å². The van der Waals surface area contributed by atoms with Crippen LogP contribution in [0.25, 0.3) is 6.08 Å². The van der Waals surface area contributed by atoms with Gasteiger partial charge in [-0.15, -0.1) is 22.7 Å². The highest BCUT2D eigenvalue weighted by atomic mass is 32.1. The minimum atomic E-state index is 0.719. The van der Waals surface area contributed by atoms with Gasteiger partial charge in [0.15, 0.2) is 5.13 Å². The standard InChI is InChI=1S/C14H17N3S2/c15-14-16-12-5-8-17(9-6-13(12)19-14)7-1-3-11-4-2-10-18-11/h1-4,10H,5-9H2,(H2,15,16). The lowest BCUT2D eigenvalue weighted by molar-refractivity contribution is 0.318. The summed E-state index contributed by atoms with van der Waals surface area (Å²) in [6.07, 6.45) is 6.57. The molecule has 100 valence electrons. The molecule has 0 aromatic carbocycles. The molecule has 0 atom stereocenters. The first-order valence-electron chi connectivity index (χ1n) is 6.48. The minimum Gasteiger partial charge on any atom is -0.375 e. The monoisotopic (exact) mass is 291 g/mol. The molecule has 19 heavy (non-hydrogen) atoms. The third-order valence-corrected chi connectivity index (χ3v) is 5.13. The Kier molecular flexibility index (Phi) is 3.96. The number of aromatic nitrogens is 1. The first-order chi connectivity index (χ1) is 9.31. The van der Waals surface area contributed by atoms with Crippen molar-refractivity contribution >= 4 is 33.9 Å². The third kappa shape index (κ3) is 3.23. The molecule has 5 heteroatoms. The van der Waals surface area contributed by atoms with E-state index in [9.17, 15) is 0 Å². The van der Waals surface area contributed by atoms with E-state index in [1.54, 1.807) is 22.7 Å². The molecular formula is C14H17N3S2. The lowest BCUT2D eigenvalue weighted by Gasteiger charge is -2.17. The normalized spacial score (nSPS) is 16.6. The number of fused-ring (bicyclic) bond motifs is 1. The molecule has 3 heterocycles. The minimum absolute atomic E-state index is 0.719. The Hall–Kier alpha value is -1.17. The van der Waals surface area contributed by atoms with E-state index in [4.69, 9.17) is 5.73 Å². The predicted molar refractivity (Wildman–Crippen MR) is 83.7 cm³/mol. The summed E-state index contributed by atoms with van der Waals surface area (Å²) < 4.78 is 0. The Morgan fingerprint density at radius 1 is 1.37 bits per heavy atom. The van der Waals surface area contributed by atoms with Crippen molar-refractivity contribution in [1.29, 1.82) is 0 Å². The summed E-state index contributed by atoms with van der Waals surface area (Å²) in [5.74, 6) is 0. The van der Waals surface area contributed by atoms with Crippen LogP contribution in [0.1, 0.15) is 15.4 Å². The quantitative estimate of drug-likeness (QED) is 0.945. The SMILES string of the molecule is Nc1nc2c(s1)CCN(CC=Cc1cccs1)CC2. The Balaban J connectivity index is 1.56. The summed E-state index contributed by atoms with van der Waals surface area (Å²) >= 11 is 3.43. The maximum atomic E-state index is 5.76. The van der Waals surface area contributed by atoms with Crippen molar-refractivity contribution < 1.29 is 0 Å². The first kappa shape index (κ1) is 12.8. The number of thiophene rings is 1. The Bertz CT molecular complexity index is 532. The molecule has 2 N–H and O–H groups in total. The zero-order chi connectivity index (χ0) is 13.1. The van der Waals surface area contributed by atoms with Crippen LogP contribution in [0.3, 0.4) is 0 Å². The van der Waals surface area contributed by atoms with E-state index < -0.39 is 0 Å². The summed E-state index contributed by atoms with van der Waals surface area (Å²) in [4.78, 5) is 9.60. The summed E-state index contributed by atoms with van der Waals surface area (Å²) in [5.41, 5.74) is 6.98. The van der Waals surface area contributed by atoms with Gasteiger partial charge < -0.3 is 5.73 Å². The van der Waals surface area contributed by atoms with Gasteiger partial charge in [0.05, 0.1) is 5.69 Å². The van der Waals surface area contributed by atoms with Crippen LogP contribution in [0.4, 0.5) is 5.13 Å². The largest absolute Gasteiger partial charge is 0.375 e. The summed E-state index contributed by atoms with van der Waals surface area (Å²) in [5, 5.41) is 2.83. The van der Waals surface area contributed by atoms with Gasteiger partial charge in [0.2, 0.25) is 0 Å². The second kappa shape index (κ2) is 5.86. The van der Waals surface area contributed by atoms with Crippen molar-refractivity contribution in [3.63, 3.8) is 0 Å². The van der Waals surface area contributed by atoms with E-state index in [1.807, 2.05) is 0 Å². The molecule has 3 nitrogen and oxygen atoms in total. The van der Waals surface area contributed by atoms with E-state index >= 15 is 0 Å². The second-order valence-electron chi connectivity index (χ2n) is 4.64. The number of rotatable bonds is 3. The van der Waals surface area contributed by atoms with Crippen molar-refractivity contribution in [3.05, 3.63) is 39.0 Å². The Morgan fingerprint density at radius 2 is 2.26 bits per heavy atom. The molecule has 3 rings (SSSR count). The zero-order valence-electron chi connectivity index (χ0n) is 10.7. The molecule has 0 bridgehead atoms. The van der Waals surface area contributed by atoms with E-state index in [0.717, 1.165) is 37.6 Å². The molecule has 2 aromatic heterocycles. The molecule has 0 fully saturated rings. The van der Waals surface area contributed by atoms with E-state index in [1.165, 1.54) is 15.4 Å². The summed E-state index contributed by atoms with van der Waals surface area (Å²) in [6, 6.07) is 4.23. The molecule has 0 saturated carbocycles. The van der Waals surface area contributed by atoms with Crippen LogP contribution < -0.4 is 5.73 Å². The van der Waals surface area contributed by atoms with E-state index in [2.05, 4.69) is 39.5 Å². The average Bonchev–Trinajstić information content (AvgIpc) is 2.98. The smallest absolute Gasteiger partial charge is 0.180 e. The molecule has 0 amide bonds. The molecule has 0 aliphatic carbocycles. The number of hydrogen-bond donors (Lipinski definition) is 1. The van der Waals surface area contributed by atoms with Gasteiger partial charge in [0.1, 0.15) is 0 Å². The number of anilines is 1. The third-order valence-electron chi connectivity index (χ3n) is 3.30. The van der Waals surface area contributed by atoms with Crippen LogP contribution in [0.5, 0.6) is 0 Å². The van der Waals surface area contributed by atoms with Crippen LogP contribution in [0, 0.1) is 0 Å². The second-order valence-corrected chi connectivity index (χ2v) is 6.73. The maximum absolute atomic E-state index is 5.76. The molecule has 0 spiro atoms. The Labute approximate surface area is 121 Å². The molecule has 0 radical (unpaired) electrons. The van der Waals surface area contributed by atoms with Crippen LogP contribution in [-0.4, -0.2) is 29.5 Å². The lowest BCUT2D eigenvalue weighted by atomic mass is 10.2. The van der Waals surface area contributed by atoms with Gasteiger partial charge in [-0.3, -0.25) is 4.90 Å². The van der Waals surface area contributed by atoms with Gasteiger partial charge in [-0.1, -0.05) is 12.1 Å². The lowest BCUT2D eigenvalue weighted by Crippen LogP contribution is -2.26. The van der Waals surface area contributed by atoms with Gasteiger partial charge in [-0.25, -0.2) is 4.98 Å². The van der Waals surface area contributed by atoms with Crippen LogP contribution in [0.15, 0.2) is 23.6 Å². The van der Waals surface area contributed by atoms with E-state index in [-0.39, 0.29) is 0 Å². The van der Waals surface area contributed by atoms with Crippen molar-refractivity contribution in [2.24, 2.45) is 0 Å². The van der Waals surface area contributed by atoms with Crippen LogP contribution in [0.2, 0.25) is 0 Å². The number of hydrogen-bond acceptors (Lipinski definition) is 5. The van der Waals surface area contributed by atoms with Crippen LogP contribution >= 0.6 is 22.7 Å². The van der Waals surface area contributed by atoms with Gasteiger partial charge in [-0.2, -0.15) is 0 Å². The fourth-order valence-electron chi connectivity index (χ4n) is 2.32. The average molecular weight is 291 g/mol. The molecule has 0 saturated heterocycles. The predicted octanol–water partition coefficient (Wildman–Crippen LogP) is 2.90. The summed E-state index contributed by atoms with van der Waals surface area (Å²) in [6.45, 7) is 3.19. The summed E-state index contributed by atoms with van der Waals surface area (Å²) in [7, 11) is 0. The van der Waals surface area contributed by atoms with Crippen LogP contribution in [-0.2, 0) is 12.8 Å². The topological polar surface area (TPSA) is 42.1 Å². The fourth-order valence-corrected chi connectivity index (χ4v) is 3.83. The Morgan fingerprint density at radius 3 is 3.11 bits per heavy atom. The van der Waals surface area contributed by atoms with Gasteiger partial charge in [0, 0.05) is 35.8 Å². The number of nitrogens with two attached hydrogens (primary N) is 1. The van der Waals surface area contributed by atoms with E-state index in [0.29, 0.717) is 0 Å². The molecule has 0 unspecified atom stereocenters. The number of nitrogen functional groups attached to an aromatic ring is 1. The van der Waals surface area contributed by atoms with Crippen molar-refractivity contribution in [2.75, 3.05) is 25.4 Å². The maximum Gasteiger partial charge on any atom is 0.180 e. The van der Waals surface area contributed by atoms with Gasteiger partial charge >= 0.3 is 0 Å². The van der Waals surface area contributed by atoms with Crippen molar-refractivity contribution in [1.82, 2.24) is 9.88 Å². The fraction of sp³-hybridized carbons (Fsp3) is 0.357. The van der Waals surface area contributed by atoms with Crippen molar-refractivity contribution in [3.8, 4) is 0 Å². The number of thiazole rings is 1. The highest BCUT2D eigenvalue weighted by molar-refractivity contribution is 7.15. The highest BCUT2D eigenvalue weighted by Gasteiger charge is 2.16.